The molecule has 0 saturated heterocycles. The van der Waals surface area contributed by atoms with Crippen LogP contribution in [0, 0.1) is 0 Å². The Bertz CT molecular complexity index is 272. The van der Waals surface area contributed by atoms with Crippen molar-refractivity contribution in [3.05, 3.63) is 11.8 Å². The zero-order valence-corrected chi connectivity index (χ0v) is 6.85. The number of rotatable bonds is 2. The largest absolute Gasteiger partial charge is 0.479 e. The van der Waals surface area contributed by atoms with Crippen molar-refractivity contribution in [2.75, 3.05) is 0 Å². The first-order valence-electron chi connectivity index (χ1n) is 3.48. The maximum absolute atomic E-state index is 10.5. The molecule has 0 bridgehead atoms. The lowest BCUT2D eigenvalue weighted by atomic mass is 9.89. The zero-order valence-electron chi connectivity index (χ0n) is 6.85. The van der Waals surface area contributed by atoms with E-state index in [0.717, 1.165) is 0 Å². The molecule has 2 atom stereocenters. The Morgan fingerprint density at radius 1 is 1.75 bits per heavy atom. The van der Waals surface area contributed by atoms with Crippen LogP contribution in [0.3, 0.4) is 0 Å². The number of azo groups is 1. The number of nitrogens with zero attached hydrogens (tertiary/aromatic N) is 2. The Balaban J connectivity index is 2.93. The second-order valence-corrected chi connectivity index (χ2v) is 2.92. The van der Waals surface area contributed by atoms with Crippen molar-refractivity contribution in [2.24, 2.45) is 10.2 Å². The second kappa shape index (κ2) is 2.67. The summed E-state index contributed by atoms with van der Waals surface area (Å²) in [7, 11) is 0. The number of aliphatic carboxylic acids is 1. The van der Waals surface area contributed by atoms with Crippen LogP contribution in [0.2, 0.25) is 0 Å². The van der Waals surface area contributed by atoms with Crippen molar-refractivity contribution >= 4 is 5.97 Å². The number of carbonyl (C=O) groups is 1. The molecule has 12 heavy (non-hydrogen) atoms. The molecule has 0 radical (unpaired) electrons. The van der Waals surface area contributed by atoms with Crippen LogP contribution in [0.15, 0.2) is 22.0 Å². The molecule has 5 nitrogen and oxygen atoms in total. The molecule has 5 heteroatoms. The molecule has 0 aliphatic carbocycles. The van der Waals surface area contributed by atoms with Crippen molar-refractivity contribution in [1.82, 2.24) is 0 Å². The molecule has 0 aromatic carbocycles. The molecule has 2 N–H and O–H groups in total. The molecule has 1 aliphatic rings. The highest BCUT2D eigenvalue weighted by Gasteiger charge is 2.41. The van der Waals surface area contributed by atoms with E-state index in [9.17, 15) is 9.90 Å². The lowest BCUT2D eigenvalue weighted by Gasteiger charge is -2.23. The van der Waals surface area contributed by atoms with E-state index in [1.807, 2.05) is 0 Å². The summed E-state index contributed by atoms with van der Waals surface area (Å²) in [5, 5.41) is 25.0. The molecule has 2 unspecified atom stereocenters. The zero-order chi connectivity index (χ0) is 9.35. The van der Waals surface area contributed by atoms with Gasteiger partial charge in [0.05, 0.1) is 6.20 Å². The molecule has 1 rings (SSSR count). The van der Waals surface area contributed by atoms with E-state index in [1.54, 1.807) is 6.92 Å². The van der Waals surface area contributed by atoms with Crippen molar-refractivity contribution in [2.45, 2.75) is 25.5 Å². The van der Waals surface area contributed by atoms with E-state index in [1.165, 1.54) is 13.1 Å². The summed E-state index contributed by atoms with van der Waals surface area (Å²) < 4.78 is 0. The van der Waals surface area contributed by atoms with Crippen LogP contribution >= 0.6 is 0 Å². The number of carboxylic acid groups (broad SMARTS) is 1. The number of aliphatic hydroxyl groups is 1. The Kier molecular flexibility index (Phi) is 1.97. The SMILES string of the molecule is CC1=CN=NC1(C)C(O)C(=O)O. The van der Waals surface area contributed by atoms with Gasteiger partial charge in [-0.25, -0.2) is 4.79 Å². The van der Waals surface area contributed by atoms with Crippen LogP contribution in [0.5, 0.6) is 0 Å². The first-order chi connectivity index (χ1) is 5.48. The van der Waals surface area contributed by atoms with Crippen LogP contribution in [0.1, 0.15) is 13.8 Å². The van der Waals surface area contributed by atoms with Gasteiger partial charge in [0, 0.05) is 0 Å². The quantitative estimate of drug-likeness (QED) is 0.635. The summed E-state index contributed by atoms with van der Waals surface area (Å²) in [4.78, 5) is 10.5. The van der Waals surface area contributed by atoms with Gasteiger partial charge in [0.1, 0.15) is 5.54 Å². The first kappa shape index (κ1) is 8.86. The fourth-order valence-electron chi connectivity index (χ4n) is 0.956. The van der Waals surface area contributed by atoms with Gasteiger partial charge in [0.2, 0.25) is 0 Å². The molecular weight excluding hydrogens is 160 g/mol. The monoisotopic (exact) mass is 170 g/mol. The molecule has 1 heterocycles. The van der Waals surface area contributed by atoms with Gasteiger partial charge < -0.3 is 10.2 Å². The van der Waals surface area contributed by atoms with E-state index < -0.39 is 17.6 Å². The maximum atomic E-state index is 10.5. The minimum Gasteiger partial charge on any atom is -0.479 e. The topological polar surface area (TPSA) is 82.2 Å². The predicted octanol–water partition coefficient (Wildman–Crippen LogP) is 0.560. The Hall–Kier alpha value is -1.23. The van der Waals surface area contributed by atoms with Gasteiger partial charge in [-0.15, -0.1) is 0 Å². The summed E-state index contributed by atoms with van der Waals surface area (Å²) >= 11 is 0. The summed E-state index contributed by atoms with van der Waals surface area (Å²) in [6.07, 6.45) is -0.0772. The molecule has 0 amide bonds. The lowest BCUT2D eigenvalue weighted by molar-refractivity contribution is -0.149. The third-order valence-electron chi connectivity index (χ3n) is 2.08. The minimum atomic E-state index is -1.53. The minimum absolute atomic E-state index is 0.650. The number of hydrogen-bond donors (Lipinski definition) is 2. The lowest BCUT2D eigenvalue weighted by Crippen LogP contribution is -2.42. The molecule has 0 saturated carbocycles. The fourth-order valence-corrected chi connectivity index (χ4v) is 0.956. The fraction of sp³-hybridized carbons (Fsp3) is 0.571. The van der Waals surface area contributed by atoms with Gasteiger partial charge in [-0.1, -0.05) is 0 Å². The molecule has 0 aromatic heterocycles. The van der Waals surface area contributed by atoms with Gasteiger partial charge in [-0.05, 0) is 19.4 Å². The van der Waals surface area contributed by atoms with Crippen LogP contribution in [0.25, 0.3) is 0 Å². The molecule has 0 spiro atoms. The Labute approximate surface area is 69.4 Å². The van der Waals surface area contributed by atoms with Gasteiger partial charge in [0.25, 0.3) is 0 Å². The molecule has 0 fully saturated rings. The van der Waals surface area contributed by atoms with E-state index in [4.69, 9.17) is 5.11 Å². The van der Waals surface area contributed by atoms with Gasteiger partial charge >= 0.3 is 5.97 Å². The standard InChI is InChI=1S/C7H10N2O3/c1-4-3-8-9-7(4,2)5(10)6(11)12/h3,5,10H,1-2H3,(H,11,12). The van der Waals surface area contributed by atoms with Crippen molar-refractivity contribution < 1.29 is 15.0 Å². The van der Waals surface area contributed by atoms with Crippen molar-refractivity contribution in [3.8, 4) is 0 Å². The highest BCUT2D eigenvalue weighted by atomic mass is 16.4. The second-order valence-electron chi connectivity index (χ2n) is 2.92. The van der Waals surface area contributed by atoms with E-state index >= 15 is 0 Å². The van der Waals surface area contributed by atoms with Crippen LogP contribution in [-0.2, 0) is 4.79 Å². The van der Waals surface area contributed by atoms with E-state index in [0.29, 0.717) is 5.57 Å². The summed E-state index contributed by atoms with van der Waals surface area (Å²) in [6, 6.07) is 0. The van der Waals surface area contributed by atoms with Crippen molar-refractivity contribution in [3.63, 3.8) is 0 Å². The summed E-state index contributed by atoms with van der Waals surface area (Å²) in [5.41, 5.74) is -0.441. The average Bonchev–Trinajstić information content (AvgIpc) is 2.32. The van der Waals surface area contributed by atoms with Gasteiger partial charge in [-0.2, -0.15) is 10.2 Å². The molecular formula is C7H10N2O3. The van der Waals surface area contributed by atoms with Gasteiger partial charge in [0.15, 0.2) is 6.10 Å². The highest BCUT2D eigenvalue weighted by Crippen LogP contribution is 2.30. The normalized spacial score (nSPS) is 30.1. The van der Waals surface area contributed by atoms with Crippen LogP contribution in [-0.4, -0.2) is 27.8 Å². The van der Waals surface area contributed by atoms with E-state index in [2.05, 4.69) is 10.2 Å². The molecule has 66 valence electrons. The van der Waals surface area contributed by atoms with Crippen LogP contribution in [0.4, 0.5) is 0 Å². The number of aliphatic hydroxyl groups excluding tert-OH is 1. The molecule has 1 aliphatic heterocycles. The predicted molar refractivity (Wildman–Crippen MR) is 40.7 cm³/mol. The Morgan fingerprint density at radius 3 is 2.67 bits per heavy atom. The van der Waals surface area contributed by atoms with Crippen LogP contribution < -0.4 is 0 Å². The third-order valence-corrected chi connectivity index (χ3v) is 2.08. The van der Waals surface area contributed by atoms with E-state index in [-0.39, 0.29) is 0 Å². The number of carboxylic acids is 1. The summed E-state index contributed by atoms with van der Waals surface area (Å²) in [6.45, 7) is 3.22. The van der Waals surface area contributed by atoms with Crippen molar-refractivity contribution in [1.29, 1.82) is 0 Å². The summed E-state index contributed by atoms with van der Waals surface area (Å²) in [5.74, 6) is -1.29. The third kappa shape index (κ3) is 1.12. The highest BCUT2D eigenvalue weighted by molar-refractivity contribution is 5.75. The average molecular weight is 170 g/mol. The Morgan fingerprint density at radius 2 is 2.33 bits per heavy atom. The molecule has 0 aromatic rings. The first-order valence-corrected chi connectivity index (χ1v) is 3.48. The number of hydrogen-bond acceptors (Lipinski definition) is 4. The van der Waals surface area contributed by atoms with Gasteiger partial charge in [-0.3, -0.25) is 0 Å². The maximum Gasteiger partial charge on any atom is 0.335 e. The smallest absolute Gasteiger partial charge is 0.335 e.